The van der Waals surface area contributed by atoms with E-state index in [1.54, 1.807) is 26.5 Å². The summed E-state index contributed by atoms with van der Waals surface area (Å²) in [4.78, 5) is 26.1. The highest BCUT2D eigenvalue weighted by atomic mass is 16.5. The Morgan fingerprint density at radius 2 is 1.59 bits per heavy atom. The fraction of sp³-hybridized carbons (Fsp3) is 0.273. The first-order valence-corrected chi connectivity index (χ1v) is 9.59. The molecule has 0 radical (unpaired) electrons. The van der Waals surface area contributed by atoms with E-state index in [-0.39, 0.29) is 5.78 Å². The molecule has 0 amide bonds. The van der Waals surface area contributed by atoms with Gasteiger partial charge in [-0.2, -0.15) is 0 Å². The van der Waals surface area contributed by atoms with E-state index in [1.165, 1.54) is 0 Å². The molecule has 2 N–H and O–H groups in total. The second kappa shape index (κ2) is 9.64. The summed E-state index contributed by atoms with van der Waals surface area (Å²) in [6, 6.07) is 11.5. The molecule has 0 aliphatic rings. The van der Waals surface area contributed by atoms with Crippen molar-refractivity contribution in [3.63, 3.8) is 0 Å². The summed E-state index contributed by atoms with van der Waals surface area (Å²) in [5.41, 5.74) is 2.38. The van der Waals surface area contributed by atoms with Crippen LogP contribution in [0.2, 0.25) is 0 Å². The summed E-state index contributed by atoms with van der Waals surface area (Å²) >= 11 is 0. The first-order valence-electron chi connectivity index (χ1n) is 9.59. The minimum absolute atomic E-state index is 0.0196. The summed E-state index contributed by atoms with van der Waals surface area (Å²) in [6.07, 6.45) is 4.36. The van der Waals surface area contributed by atoms with Crippen LogP contribution in [0, 0.1) is 0 Å². The lowest BCUT2D eigenvalue weighted by molar-refractivity contribution is 0.0984. The fourth-order valence-electron chi connectivity index (χ4n) is 3.02. The van der Waals surface area contributed by atoms with Gasteiger partial charge in [-0.1, -0.05) is 12.1 Å². The van der Waals surface area contributed by atoms with E-state index in [0.717, 1.165) is 16.9 Å². The number of benzene rings is 1. The third-order valence-electron chi connectivity index (χ3n) is 4.48. The molecule has 0 spiro atoms. The van der Waals surface area contributed by atoms with Gasteiger partial charge in [0.25, 0.3) is 0 Å². The zero-order valence-electron chi connectivity index (χ0n) is 16.9. The van der Waals surface area contributed by atoms with Crippen LogP contribution >= 0.6 is 0 Å². The standard InChI is InChI=1S/C22H25N5O2/c1-4-29-17-8-5-15(6-9-17)7-10-18(28)19-21(23-2)26-20(27-22(19)24-3)16-11-13-25-14-12-16/h5-6,8-9,11-14H,4,7,10H2,1-3H3,(H2,23,24,26,27). The number of anilines is 2. The number of carbonyl (C=O) groups excluding carboxylic acids is 1. The maximum absolute atomic E-state index is 13.0. The van der Waals surface area contributed by atoms with E-state index in [0.29, 0.717) is 42.5 Å². The summed E-state index contributed by atoms with van der Waals surface area (Å²) in [7, 11) is 3.50. The Morgan fingerprint density at radius 1 is 0.966 bits per heavy atom. The summed E-state index contributed by atoms with van der Waals surface area (Å²) in [5.74, 6) is 2.36. The molecule has 7 nitrogen and oxygen atoms in total. The number of rotatable bonds is 9. The van der Waals surface area contributed by atoms with Crippen LogP contribution in [0.1, 0.15) is 29.3 Å². The number of nitrogens with one attached hydrogen (secondary N) is 2. The van der Waals surface area contributed by atoms with Crippen molar-refractivity contribution in [2.75, 3.05) is 31.3 Å². The molecule has 0 bridgehead atoms. The van der Waals surface area contributed by atoms with Gasteiger partial charge in [-0.3, -0.25) is 9.78 Å². The van der Waals surface area contributed by atoms with E-state index >= 15 is 0 Å². The molecule has 0 saturated carbocycles. The maximum atomic E-state index is 13.0. The predicted octanol–water partition coefficient (Wildman–Crippen LogP) is 3.84. The van der Waals surface area contributed by atoms with Crippen molar-refractivity contribution in [2.45, 2.75) is 19.8 Å². The SMILES string of the molecule is CCOc1ccc(CCC(=O)c2c(NC)nc(-c3ccncc3)nc2NC)cc1. The van der Waals surface area contributed by atoms with E-state index in [1.807, 2.05) is 43.3 Å². The zero-order valence-corrected chi connectivity index (χ0v) is 16.9. The molecule has 2 heterocycles. The highest BCUT2D eigenvalue weighted by Crippen LogP contribution is 2.27. The van der Waals surface area contributed by atoms with Crippen molar-refractivity contribution in [1.29, 1.82) is 0 Å². The Hall–Kier alpha value is -3.48. The van der Waals surface area contributed by atoms with Gasteiger partial charge in [-0.05, 0) is 43.2 Å². The van der Waals surface area contributed by atoms with E-state index in [4.69, 9.17) is 4.74 Å². The number of hydrogen-bond acceptors (Lipinski definition) is 7. The molecule has 0 atom stereocenters. The quantitative estimate of drug-likeness (QED) is 0.536. The molecule has 2 aromatic heterocycles. The first-order chi connectivity index (χ1) is 14.2. The minimum Gasteiger partial charge on any atom is -0.494 e. The molecule has 0 saturated heterocycles. The van der Waals surface area contributed by atoms with Crippen LogP contribution in [0.3, 0.4) is 0 Å². The van der Waals surface area contributed by atoms with Gasteiger partial charge in [0.05, 0.1) is 6.61 Å². The smallest absolute Gasteiger partial charge is 0.170 e. The van der Waals surface area contributed by atoms with Gasteiger partial charge in [-0.25, -0.2) is 9.97 Å². The highest BCUT2D eigenvalue weighted by Gasteiger charge is 2.20. The van der Waals surface area contributed by atoms with Crippen molar-refractivity contribution in [1.82, 2.24) is 15.0 Å². The van der Waals surface area contributed by atoms with Gasteiger partial charge in [0.2, 0.25) is 0 Å². The summed E-state index contributed by atoms with van der Waals surface area (Å²) < 4.78 is 5.46. The number of nitrogens with zero attached hydrogens (tertiary/aromatic N) is 3. The molecule has 150 valence electrons. The lowest BCUT2D eigenvalue weighted by Gasteiger charge is -2.14. The second-order valence-corrected chi connectivity index (χ2v) is 6.36. The number of aromatic nitrogens is 3. The number of pyridine rings is 1. The number of hydrogen-bond donors (Lipinski definition) is 2. The number of carbonyl (C=O) groups is 1. The number of ketones is 1. The zero-order chi connectivity index (χ0) is 20.6. The second-order valence-electron chi connectivity index (χ2n) is 6.36. The van der Waals surface area contributed by atoms with Gasteiger partial charge in [0.1, 0.15) is 22.9 Å². The van der Waals surface area contributed by atoms with Gasteiger partial charge in [0, 0.05) is 38.5 Å². The molecule has 0 aliphatic heterocycles. The molecular formula is C22H25N5O2. The molecule has 29 heavy (non-hydrogen) atoms. The normalized spacial score (nSPS) is 10.4. The largest absolute Gasteiger partial charge is 0.494 e. The Morgan fingerprint density at radius 3 is 2.14 bits per heavy atom. The topological polar surface area (TPSA) is 89.0 Å². The Labute approximate surface area is 170 Å². The molecule has 1 aromatic carbocycles. The number of ether oxygens (including phenoxy) is 1. The predicted molar refractivity (Wildman–Crippen MR) is 115 cm³/mol. The van der Waals surface area contributed by atoms with Crippen LogP contribution in [0.4, 0.5) is 11.6 Å². The lowest BCUT2D eigenvalue weighted by atomic mass is 10.0. The van der Waals surface area contributed by atoms with Crippen molar-refractivity contribution in [3.05, 3.63) is 59.9 Å². The van der Waals surface area contributed by atoms with Crippen LogP contribution in [0.5, 0.6) is 5.75 Å². The van der Waals surface area contributed by atoms with Gasteiger partial charge in [-0.15, -0.1) is 0 Å². The molecular weight excluding hydrogens is 366 g/mol. The molecule has 3 aromatic rings. The monoisotopic (exact) mass is 391 g/mol. The Balaban J connectivity index is 1.82. The third-order valence-corrected chi connectivity index (χ3v) is 4.48. The van der Waals surface area contributed by atoms with Gasteiger partial charge >= 0.3 is 0 Å². The Bertz CT molecular complexity index is 934. The van der Waals surface area contributed by atoms with Crippen molar-refractivity contribution >= 4 is 17.4 Å². The van der Waals surface area contributed by atoms with Crippen molar-refractivity contribution in [3.8, 4) is 17.1 Å². The molecule has 0 aliphatic carbocycles. The van der Waals surface area contributed by atoms with Gasteiger partial charge in [0.15, 0.2) is 11.6 Å². The van der Waals surface area contributed by atoms with Crippen molar-refractivity contribution < 1.29 is 9.53 Å². The fourth-order valence-corrected chi connectivity index (χ4v) is 3.02. The molecule has 3 rings (SSSR count). The van der Waals surface area contributed by atoms with Crippen molar-refractivity contribution in [2.24, 2.45) is 0 Å². The molecule has 0 fully saturated rings. The van der Waals surface area contributed by atoms with Gasteiger partial charge < -0.3 is 15.4 Å². The van der Waals surface area contributed by atoms with Crippen LogP contribution in [-0.2, 0) is 6.42 Å². The highest BCUT2D eigenvalue weighted by molar-refractivity contribution is 6.05. The summed E-state index contributed by atoms with van der Waals surface area (Å²) in [5, 5.41) is 6.07. The third kappa shape index (κ3) is 4.87. The van der Waals surface area contributed by atoms with E-state index < -0.39 is 0 Å². The first kappa shape index (κ1) is 20.3. The van der Waals surface area contributed by atoms with Crippen LogP contribution in [0.25, 0.3) is 11.4 Å². The molecule has 0 unspecified atom stereocenters. The maximum Gasteiger partial charge on any atom is 0.170 e. The van der Waals surface area contributed by atoms with E-state index in [9.17, 15) is 4.79 Å². The van der Waals surface area contributed by atoms with Crippen LogP contribution < -0.4 is 15.4 Å². The lowest BCUT2D eigenvalue weighted by Crippen LogP contribution is -2.13. The average molecular weight is 391 g/mol. The molecule has 7 heteroatoms. The van der Waals surface area contributed by atoms with Crippen LogP contribution in [-0.4, -0.2) is 41.4 Å². The van der Waals surface area contributed by atoms with E-state index in [2.05, 4.69) is 25.6 Å². The summed E-state index contributed by atoms with van der Waals surface area (Å²) in [6.45, 7) is 2.58. The minimum atomic E-state index is -0.0196. The van der Waals surface area contributed by atoms with Crippen LogP contribution in [0.15, 0.2) is 48.8 Å². The Kier molecular flexibility index (Phi) is 6.73. The number of Topliss-reactive ketones (excluding diaryl/α,β-unsaturated/α-hetero) is 1. The average Bonchev–Trinajstić information content (AvgIpc) is 2.78. The number of aryl methyl sites for hydroxylation is 1.